The maximum Gasteiger partial charge on any atom is 0.243 e. The zero-order chi connectivity index (χ0) is 14.3. The summed E-state index contributed by atoms with van der Waals surface area (Å²) in [4.78, 5) is 14.0. The zero-order valence-electron chi connectivity index (χ0n) is 9.87. The Labute approximate surface area is 110 Å². The smallest absolute Gasteiger partial charge is 0.243 e. The van der Waals surface area contributed by atoms with Crippen molar-refractivity contribution in [1.29, 1.82) is 5.26 Å². The Morgan fingerprint density at radius 2 is 2.26 bits per heavy atom. The molecule has 1 amide bonds. The number of nitrogens with zero attached hydrogens (tertiary/aromatic N) is 2. The Morgan fingerprint density at radius 1 is 1.53 bits per heavy atom. The number of aromatic nitrogens is 1. The molecule has 0 spiro atoms. The SMILES string of the molecule is N#Cc1ccc(S(=O)(=O)NCCOCC(N)=O)cn1. The highest BCUT2D eigenvalue weighted by atomic mass is 32.2. The van der Waals surface area contributed by atoms with Crippen LogP contribution in [-0.2, 0) is 19.6 Å². The van der Waals surface area contributed by atoms with Crippen molar-refractivity contribution in [2.45, 2.75) is 4.90 Å². The number of hydrogen-bond acceptors (Lipinski definition) is 6. The molecule has 0 aliphatic rings. The summed E-state index contributed by atoms with van der Waals surface area (Å²) in [5.74, 6) is -0.626. The number of nitriles is 1. The average molecular weight is 284 g/mol. The fraction of sp³-hybridized carbons (Fsp3) is 0.300. The topological polar surface area (TPSA) is 135 Å². The highest BCUT2D eigenvalue weighted by Gasteiger charge is 2.13. The monoisotopic (exact) mass is 284 g/mol. The summed E-state index contributed by atoms with van der Waals surface area (Å²) < 4.78 is 30.6. The second-order valence-electron chi connectivity index (χ2n) is 3.41. The number of sulfonamides is 1. The molecule has 0 saturated heterocycles. The quantitative estimate of drug-likeness (QED) is 0.599. The van der Waals surface area contributed by atoms with Gasteiger partial charge in [0, 0.05) is 12.7 Å². The molecule has 1 aromatic heterocycles. The lowest BCUT2D eigenvalue weighted by molar-refractivity contribution is -0.122. The van der Waals surface area contributed by atoms with Crippen LogP contribution in [0.5, 0.6) is 0 Å². The molecule has 9 heteroatoms. The summed E-state index contributed by atoms with van der Waals surface area (Å²) in [6.45, 7) is -0.248. The lowest BCUT2D eigenvalue weighted by Gasteiger charge is -2.06. The predicted octanol–water partition coefficient (Wildman–Crippen LogP) is -1.27. The van der Waals surface area contributed by atoms with Crippen molar-refractivity contribution in [2.75, 3.05) is 19.8 Å². The van der Waals surface area contributed by atoms with Crippen LogP contribution < -0.4 is 10.5 Å². The van der Waals surface area contributed by atoms with Gasteiger partial charge in [-0.3, -0.25) is 4.79 Å². The summed E-state index contributed by atoms with van der Waals surface area (Å²) in [6.07, 6.45) is 1.09. The van der Waals surface area contributed by atoms with Gasteiger partial charge in [0.25, 0.3) is 0 Å². The van der Waals surface area contributed by atoms with E-state index in [9.17, 15) is 13.2 Å². The molecule has 0 aromatic carbocycles. The van der Waals surface area contributed by atoms with Crippen LogP contribution in [0, 0.1) is 11.3 Å². The van der Waals surface area contributed by atoms with Gasteiger partial charge in [-0.2, -0.15) is 5.26 Å². The molecule has 0 radical (unpaired) electrons. The van der Waals surface area contributed by atoms with Gasteiger partial charge in [0.05, 0.1) is 6.61 Å². The van der Waals surface area contributed by atoms with Crippen LogP contribution in [0.15, 0.2) is 23.2 Å². The molecular weight excluding hydrogens is 272 g/mol. The molecule has 0 unspecified atom stereocenters. The molecule has 1 heterocycles. The van der Waals surface area contributed by atoms with Gasteiger partial charge in [-0.15, -0.1) is 0 Å². The normalized spacial score (nSPS) is 10.9. The fourth-order valence-corrected chi connectivity index (χ4v) is 2.07. The third-order valence-corrected chi connectivity index (χ3v) is 3.39. The Kier molecular flexibility index (Phi) is 5.37. The third-order valence-electron chi connectivity index (χ3n) is 1.94. The first kappa shape index (κ1) is 15.0. The van der Waals surface area contributed by atoms with Gasteiger partial charge in [-0.1, -0.05) is 0 Å². The fourth-order valence-electron chi connectivity index (χ4n) is 1.11. The number of amides is 1. The highest BCUT2D eigenvalue weighted by molar-refractivity contribution is 7.89. The Morgan fingerprint density at radius 3 is 2.79 bits per heavy atom. The second kappa shape index (κ2) is 6.79. The Balaban J connectivity index is 2.51. The van der Waals surface area contributed by atoms with Crippen molar-refractivity contribution in [2.24, 2.45) is 5.73 Å². The van der Waals surface area contributed by atoms with Crippen molar-refractivity contribution in [1.82, 2.24) is 9.71 Å². The molecule has 1 aromatic rings. The molecule has 102 valence electrons. The van der Waals surface area contributed by atoms with Crippen LogP contribution >= 0.6 is 0 Å². The van der Waals surface area contributed by atoms with Crippen LogP contribution in [0.1, 0.15) is 5.69 Å². The summed E-state index contributed by atoms with van der Waals surface area (Å²) in [5.41, 5.74) is 4.97. The Bertz CT molecular complexity index is 577. The largest absolute Gasteiger partial charge is 0.370 e. The van der Waals surface area contributed by atoms with Gasteiger partial charge in [0.1, 0.15) is 23.3 Å². The second-order valence-corrected chi connectivity index (χ2v) is 5.17. The summed E-state index contributed by atoms with van der Waals surface area (Å²) in [6, 6.07) is 4.37. The van der Waals surface area contributed by atoms with E-state index < -0.39 is 15.9 Å². The highest BCUT2D eigenvalue weighted by Crippen LogP contribution is 2.06. The standard InChI is InChI=1S/C10H12N4O4S/c11-5-8-1-2-9(6-13-8)19(16,17)14-3-4-18-7-10(12)15/h1-2,6,14H,3-4,7H2,(H2,12,15). The van der Waals surface area contributed by atoms with Crippen LogP contribution in [0.2, 0.25) is 0 Å². The number of pyridine rings is 1. The van der Waals surface area contributed by atoms with Gasteiger partial charge in [-0.05, 0) is 12.1 Å². The maximum atomic E-state index is 11.7. The average Bonchev–Trinajstić information content (AvgIpc) is 2.38. The molecule has 1 rings (SSSR count). The summed E-state index contributed by atoms with van der Waals surface area (Å²) in [5, 5.41) is 8.54. The minimum atomic E-state index is -3.70. The first-order chi connectivity index (χ1) is 8.95. The third kappa shape index (κ3) is 5.01. The minimum absolute atomic E-state index is 0.00435. The van der Waals surface area contributed by atoms with E-state index in [0.717, 1.165) is 6.20 Å². The van der Waals surface area contributed by atoms with Crippen molar-refractivity contribution < 1.29 is 17.9 Å². The van der Waals surface area contributed by atoms with E-state index in [1.807, 2.05) is 0 Å². The van der Waals surface area contributed by atoms with Crippen molar-refractivity contribution in [3.8, 4) is 6.07 Å². The van der Waals surface area contributed by atoms with Crippen LogP contribution in [0.4, 0.5) is 0 Å². The van der Waals surface area contributed by atoms with Gasteiger partial charge in [0.2, 0.25) is 15.9 Å². The molecule has 0 aliphatic carbocycles. The van der Waals surface area contributed by atoms with Crippen molar-refractivity contribution in [3.63, 3.8) is 0 Å². The molecule has 19 heavy (non-hydrogen) atoms. The molecule has 0 fully saturated rings. The van der Waals surface area contributed by atoms with Crippen molar-refractivity contribution >= 4 is 15.9 Å². The molecule has 0 saturated carbocycles. The van der Waals surface area contributed by atoms with Crippen LogP contribution in [-0.4, -0.2) is 39.1 Å². The molecule has 0 atom stereocenters. The van der Waals surface area contributed by atoms with E-state index in [1.165, 1.54) is 12.1 Å². The first-order valence-corrected chi connectivity index (χ1v) is 6.66. The number of carbonyl (C=O) groups excluding carboxylic acids is 1. The van der Waals surface area contributed by atoms with E-state index in [2.05, 4.69) is 9.71 Å². The number of nitrogens with two attached hydrogens (primary N) is 1. The van der Waals surface area contributed by atoms with Gasteiger partial charge in [0.15, 0.2) is 0 Å². The lowest BCUT2D eigenvalue weighted by Crippen LogP contribution is -2.29. The molecule has 0 bridgehead atoms. The van der Waals surface area contributed by atoms with Gasteiger partial charge < -0.3 is 10.5 Å². The molecular formula is C10H12N4O4S. The number of nitrogens with one attached hydrogen (secondary N) is 1. The zero-order valence-corrected chi connectivity index (χ0v) is 10.7. The lowest BCUT2D eigenvalue weighted by atomic mass is 10.4. The van der Waals surface area contributed by atoms with Crippen LogP contribution in [0.3, 0.4) is 0 Å². The molecule has 8 nitrogen and oxygen atoms in total. The number of rotatable bonds is 7. The van der Waals surface area contributed by atoms with Crippen LogP contribution in [0.25, 0.3) is 0 Å². The summed E-state index contributed by atoms with van der Waals surface area (Å²) >= 11 is 0. The van der Waals surface area contributed by atoms with Gasteiger partial charge >= 0.3 is 0 Å². The molecule has 0 aliphatic heterocycles. The molecule has 3 N–H and O–H groups in total. The predicted molar refractivity (Wildman–Crippen MR) is 64.2 cm³/mol. The number of ether oxygens (including phenoxy) is 1. The van der Waals surface area contributed by atoms with E-state index in [-0.39, 0.29) is 30.3 Å². The van der Waals surface area contributed by atoms with Crippen molar-refractivity contribution in [3.05, 3.63) is 24.0 Å². The number of primary amides is 1. The van der Waals surface area contributed by atoms with Gasteiger partial charge in [-0.25, -0.2) is 18.1 Å². The number of carbonyl (C=O) groups is 1. The Hall–Kier alpha value is -2.02. The summed E-state index contributed by atoms with van der Waals surface area (Å²) in [7, 11) is -3.70. The van der Waals surface area contributed by atoms with E-state index >= 15 is 0 Å². The first-order valence-electron chi connectivity index (χ1n) is 5.17. The van der Waals surface area contributed by atoms with E-state index in [1.54, 1.807) is 6.07 Å². The van der Waals surface area contributed by atoms with E-state index in [4.69, 9.17) is 15.7 Å². The van der Waals surface area contributed by atoms with E-state index in [0.29, 0.717) is 0 Å². The maximum absolute atomic E-state index is 11.7. The number of hydrogen-bond donors (Lipinski definition) is 2. The minimum Gasteiger partial charge on any atom is -0.370 e.